The summed E-state index contributed by atoms with van der Waals surface area (Å²) in [5, 5.41) is 2.93. The molecule has 106 valence electrons. The molecule has 1 aromatic carbocycles. The molecule has 2 rings (SSSR count). The Kier molecular flexibility index (Phi) is 5.45. The fourth-order valence-corrected chi connectivity index (χ4v) is 2.81. The average Bonchev–Trinajstić information content (AvgIpc) is 2.46. The van der Waals surface area contributed by atoms with E-state index in [2.05, 4.69) is 10.4 Å². The van der Waals surface area contributed by atoms with E-state index in [1.54, 1.807) is 7.11 Å². The predicted octanol–water partition coefficient (Wildman–Crippen LogP) is 2.34. The average molecular weight is 284 g/mol. The van der Waals surface area contributed by atoms with Gasteiger partial charge in [0.1, 0.15) is 5.75 Å². The Hall–Kier alpha value is -0.810. The number of hydrazine groups is 1. The fraction of sp³-hybridized carbons (Fsp3) is 0.571. The lowest BCUT2D eigenvalue weighted by molar-refractivity contribution is 0.129. The smallest absolute Gasteiger partial charge is 0.125 e. The van der Waals surface area contributed by atoms with Crippen molar-refractivity contribution in [1.82, 2.24) is 10.4 Å². The number of nitrogens with zero attached hydrogens (tertiary/aromatic N) is 1. The highest BCUT2D eigenvalue weighted by Gasteiger charge is 2.21. The van der Waals surface area contributed by atoms with E-state index in [1.165, 1.54) is 19.3 Å². The minimum absolute atomic E-state index is 0.0123. The van der Waals surface area contributed by atoms with Gasteiger partial charge in [-0.25, -0.2) is 10.4 Å². The van der Waals surface area contributed by atoms with E-state index in [0.717, 1.165) is 24.4 Å². The molecule has 1 unspecified atom stereocenters. The van der Waals surface area contributed by atoms with Crippen LogP contribution in [0.2, 0.25) is 5.02 Å². The van der Waals surface area contributed by atoms with Gasteiger partial charge in [0.25, 0.3) is 0 Å². The molecule has 4 nitrogen and oxygen atoms in total. The SMILES string of the molecule is COc1cccc(Cl)c1C(CN)NN1CCCCC1. The monoisotopic (exact) mass is 283 g/mol. The minimum atomic E-state index is -0.0123. The summed E-state index contributed by atoms with van der Waals surface area (Å²) in [6.07, 6.45) is 3.76. The molecular formula is C14H22ClN3O. The first-order valence-electron chi connectivity index (χ1n) is 6.80. The van der Waals surface area contributed by atoms with Crippen LogP contribution >= 0.6 is 11.6 Å². The van der Waals surface area contributed by atoms with Gasteiger partial charge in [0, 0.05) is 30.2 Å². The van der Waals surface area contributed by atoms with Crippen LogP contribution in [-0.2, 0) is 0 Å². The first kappa shape index (κ1) is 14.6. The lowest BCUT2D eigenvalue weighted by Crippen LogP contribution is -2.45. The van der Waals surface area contributed by atoms with Crippen LogP contribution in [0, 0.1) is 0 Å². The maximum atomic E-state index is 6.31. The summed E-state index contributed by atoms with van der Waals surface area (Å²) in [7, 11) is 1.66. The van der Waals surface area contributed by atoms with Crippen LogP contribution in [0.5, 0.6) is 5.75 Å². The number of nitrogens with one attached hydrogen (secondary N) is 1. The maximum absolute atomic E-state index is 6.31. The molecule has 1 heterocycles. The zero-order valence-corrected chi connectivity index (χ0v) is 12.1. The van der Waals surface area contributed by atoms with Crippen molar-refractivity contribution in [2.45, 2.75) is 25.3 Å². The van der Waals surface area contributed by atoms with Gasteiger partial charge in [-0.05, 0) is 25.0 Å². The zero-order chi connectivity index (χ0) is 13.7. The quantitative estimate of drug-likeness (QED) is 0.871. The second-order valence-electron chi connectivity index (χ2n) is 4.82. The van der Waals surface area contributed by atoms with Gasteiger partial charge in [-0.1, -0.05) is 24.1 Å². The molecule has 0 radical (unpaired) electrons. The Morgan fingerprint density at radius 2 is 2.11 bits per heavy atom. The van der Waals surface area contributed by atoms with E-state index < -0.39 is 0 Å². The molecule has 0 bridgehead atoms. The molecule has 1 aromatic rings. The molecule has 5 heteroatoms. The van der Waals surface area contributed by atoms with Gasteiger partial charge in [-0.15, -0.1) is 0 Å². The van der Waals surface area contributed by atoms with Gasteiger partial charge >= 0.3 is 0 Å². The third kappa shape index (κ3) is 3.60. The number of hydrogen-bond donors (Lipinski definition) is 2. The largest absolute Gasteiger partial charge is 0.496 e. The topological polar surface area (TPSA) is 50.5 Å². The summed E-state index contributed by atoms with van der Waals surface area (Å²) in [5.41, 5.74) is 10.3. The number of piperidine rings is 1. The highest BCUT2D eigenvalue weighted by Crippen LogP contribution is 2.32. The molecule has 0 amide bonds. The molecule has 1 fully saturated rings. The van der Waals surface area contributed by atoms with Crippen LogP contribution in [0.1, 0.15) is 30.9 Å². The molecule has 1 aliphatic heterocycles. The molecule has 1 atom stereocenters. The first-order chi connectivity index (χ1) is 9.26. The lowest BCUT2D eigenvalue weighted by Gasteiger charge is -2.32. The lowest BCUT2D eigenvalue weighted by atomic mass is 10.1. The van der Waals surface area contributed by atoms with E-state index in [1.807, 2.05) is 18.2 Å². The number of rotatable bonds is 5. The normalized spacial score (nSPS) is 18.3. The highest BCUT2D eigenvalue weighted by molar-refractivity contribution is 6.31. The third-order valence-electron chi connectivity index (χ3n) is 3.51. The van der Waals surface area contributed by atoms with Crippen molar-refractivity contribution in [3.05, 3.63) is 28.8 Å². The molecule has 1 saturated heterocycles. The Morgan fingerprint density at radius 3 is 2.74 bits per heavy atom. The summed E-state index contributed by atoms with van der Waals surface area (Å²) in [6.45, 7) is 2.60. The van der Waals surface area contributed by atoms with Crippen LogP contribution in [0.4, 0.5) is 0 Å². The van der Waals surface area contributed by atoms with E-state index in [9.17, 15) is 0 Å². The van der Waals surface area contributed by atoms with E-state index >= 15 is 0 Å². The minimum Gasteiger partial charge on any atom is -0.496 e. The summed E-state index contributed by atoms with van der Waals surface area (Å²) in [6, 6.07) is 5.67. The van der Waals surface area contributed by atoms with Crippen molar-refractivity contribution in [2.24, 2.45) is 5.73 Å². The van der Waals surface area contributed by atoms with Crippen molar-refractivity contribution < 1.29 is 4.74 Å². The van der Waals surface area contributed by atoms with Gasteiger partial charge in [-0.3, -0.25) is 0 Å². The zero-order valence-electron chi connectivity index (χ0n) is 11.4. The fourth-order valence-electron chi connectivity index (χ4n) is 2.51. The molecule has 0 aliphatic carbocycles. The Balaban J connectivity index is 2.16. The van der Waals surface area contributed by atoms with Crippen LogP contribution in [0.3, 0.4) is 0 Å². The van der Waals surface area contributed by atoms with Crippen LogP contribution in [0.25, 0.3) is 0 Å². The molecule has 19 heavy (non-hydrogen) atoms. The Morgan fingerprint density at radius 1 is 1.37 bits per heavy atom. The number of methoxy groups -OCH3 is 1. The van der Waals surface area contributed by atoms with Crippen molar-refractivity contribution in [2.75, 3.05) is 26.7 Å². The van der Waals surface area contributed by atoms with Gasteiger partial charge in [0.05, 0.1) is 13.2 Å². The van der Waals surface area contributed by atoms with Gasteiger partial charge in [0.15, 0.2) is 0 Å². The molecular weight excluding hydrogens is 262 g/mol. The molecule has 0 aromatic heterocycles. The molecule has 0 saturated carbocycles. The second kappa shape index (κ2) is 7.10. The molecule has 1 aliphatic rings. The number of benzene rings is 1. The summed E-state index contributed by atoms with van der Waals surface area (Å²) in [5.74, 6) is 0.785. The number of nitrogens with two attached hydrogens (primary N) is 1. The second-order valence-corrected chi connectivity index (χ2v) is 5.23. The van der Waals surface area contributed by atoms with E-state index in [-0.39, 0.29) is 6.04 Å². The van der Waals surface area contributed by atoms with Crippen molar-refractivity contribution in [3.63, 3.8) is 0 Å². The van der Waals surface area contributed by atoms with Gasteiger partial charge < -0.3 is 10.5 Å². The standard InChI is InChI=1S/C14H22ClN3O/c1-19-13-7-5-6-11(15)14(13)12(10-16)17-18-8-3-2-4-9-18/h5-7,12,17H,2-4,8-10,16H2,1H3. The van der Waals surface area contributed by atoms with E-state index in [0.29, 0.717) is 11.6 Å². The van der Waals surface area contributed by atoms with Crippen LogP contribution in [-0.4, -0.2) is 31.8 Å². The Labute approximate surface area is 119 Å². The summed E-state index contributed by atoms with van der Waals surface area (Å²) in [4.78, 5) is 0. The van der Waals surface area contributed by atoms with Gasteiger partial charge in [0.2, 0.25) is 0 Å². The highest BCUT2D eigenvalue weighted by atomic mass is 35.5. The third-order valence-corrected chi connectivity index (χ3v) is 3.84. The van der Waals surface area contributed by atoms with Crippen molar-refractivity contribution in [1.29, 1.82) is 0 Å². The molecule has 3 N–H and O–H groups in total. The summed E-state index contributed by atoms with van der Waals surface area (Å²) >= 11 is 6.31. The first-order valence-corrected chi connectivity index (χ1v) is 7.17. The predicted molar refractivity (Wildman–Crippen MR) is 78.4 cm³/mol. The summed E-state index contributed by atoms with van der Waals surface area (Å²) < 4.78 is 5.40. The van der Waals surface area contributed by atoms with Crippen LogP contribution in [0.15, 0.2) is 18.2 Å². The number of halogens is 1. The van der Waals surface area contributed by atoms with E-state index in [4.69, 9.17) is 22.1 Å². The number of ether oxygens (including phenoxy) is 1. The number of hydrogen-bond acceptors (Lipinski definition) is 4. The van der Waals surface area contributed by atoms with Crippen molar-refractivity contribution in [3.8, 4) is 5.75 Å². The van der Waals surface area contributed by atoms with Gasteiger partial charge in [-0.2, -0.15) is 0 Å². The van der Waals surface area contributed by atoms with Crippen molar-refractivity contribution >= 4 is 11.6 Å². The Bertz CT molecular complexity index is 408. The van der Waals surface area contributed by atoms with Crippen LogP contribution < -0.4 is 15.9 Å². The molecule has 0 spiro atoms. The maximum Gasteiger partial charge on any atom is 0.125 e.